The van der Waals surface area contributed by atoms with Crippen LogP contribution in [0.5, 0.6) is 0 Å². The largest absolute Gasteiger partial charge is 0.320 e. The number of nitrogens with one attached hydrogen (secondary N) is 1. The van der Waals surface area contributed by atoms with Crippen LogP contribution in [0.3, 0.4) is 0 Å². The van der Waals surface area contributed by atoms with Crippen LogP contribution in [0.25, 0.3) is 27.3 Å². The molecule has 0 unspecified atom stereocenters. The fraction of sp³-hybridized carbons (Fsp3) is 0.0952. The van der Waals surface area contributed by atoms with Crippen LogP contribution in [0, 0.1) is 0 Å². The lowest BCUT2D eigenvalue weighted by atomic mass is 10.1. The summed E-state index contributed by atoms with van der Waals surface area (Å²) in [5.74, 6) is -0.288. The van der Waals surface area contributed by atoms with Crippen LogP contribution in [0.4, 0.5) is 5.69 Å². The molecule has 0 saturated carbocycles. The number of hydrogen-bond acceptors (Lipinski definition) is 6. The van der Waals surface area contributed by atoms with Gasteiger partial charge in [0, 0.05) is 11.6 Å². The van der Waals surface area contributed by atoms with Crippen molar-refractivity contribution in [2.24, 2.45) is 0 Å². The van der Waals surface area contributed by atoms with Gasteiger partial charge in [-0.2, -0.15) is 10.2 Å². The zero-order chi connectivity index (χ0) is 21.4. The summed E-state index contributed by atoms with van der Waals surface area (Å²) in [5, 5.41) is 14.7. The number of benzene rings is 1. The van der Waals surface area contributed by atoms with E-state index in [0.29, 0.717) is 39.5 Å². The number of pyridine rings is 1. The normalized spacial score (nSPS) is 11.2. The van der Waals surface area contributed by atoms with Gasteiger partial charge in [-0.15, -0.1) is 11.3 Å². The summed E-state index contributed by atoms with van der Waals surface area (Å²) < 4.78 is 3.35. The molecule has 1 N–H and O–H groups in total. The first-order valence-electron chi connectivity index (χ1n) is 9.50. The highest BCUT2D eigenvalue weighted by molar-refractivity contribution is 7.13. The second kappa shape index (κ2) is 7.93. The van der Waals surface area contributed by atoms with E-state index >= 15 is 0 Å². The summed E-state index contributed by atoms with van der Waals surface area (Å²) in [6, 6.07) is 10.9. The van der Waals surface area contributed by atoms with Crippen molar-refractivity contribution in [3.63, 3.8) is 0 Å². The molecule has 0 spiro atoms. The first-order valence-corrected chi connectivity index (χ1v) is 10.8. The predicted molar refractivity (Wildman–Crippen MR) is 121 cm³/mol. The molecule has 4 aromatic heterocycles. The van der Waals surface area contributed by atoms with Crippen LogP contribution in [0.1, 0.15) is 17.3 Å². The molecule has 4 heterocycles. The number of thiophene rings is 1. The Labute approximate surface area is 186 Å². The van der Waals surface area contributed by atoms with E-state index in [-0.39, 0.29) is 5.91 Å². The van der Waals surface area contributed by atoms with Crippen molar-refractivity contribution in [2.75, 3.05) is 5.32 Å². The van der Waals surface area contributed by atoms with E-state index in [1.807, 2.05) is 24.4 Å². The van der Waals surface area contributed by atoms with Crippen molar-refractivity contribution in [1.82, 2.24) is 29.5 Å². The quantitative estimate of drug-likeness (QED) is 0.421. The smallest absolute Gasteiger partial charge is 0.256 e. The van der Waals surface area contributed by atoms with Gasteiger partial charge in [0.15, 0.2) is 5.65 Å². The number of carbonyl (C=O) groups excluding carboxylic acids is 1. The molecule has 1 amide bonds. The molecule has 1 aromatic carbocycles. The van der Waals surface area contributed by atoms with E-state index < -0.39 is 0 Å². The second-order valence-corrected chi connectivity index (χ2v) is 8.07. The van der Waals surface area contributed by atoms with Crippen LogP contribution >= 0.6 is 22.9 Å². The molecule has 0 aliphatic heterocycles. The lowest BCUT2D eigenvalue weighted by molar-refractivity contribution is 0.102. The number of nitrogens with zero attached hydrogens (tertiary/aromatic N) is 6. The van der Waals surface area contributed by atoms with Crippen molar-refractivity contribution in [3.8, 4) is 16.3 Å². The van der Waals surface area contributed by atoms with Gasteiger partial charge in [0.1, 0.15) is 12.7 Å². The summed E-state index contributed by atoms with van der Waals surface area (Å²) in [4.78, 5) is 23.1. The Morgan fingerprint density at radius 2 is 2.13 bits per heavy atom. The van der Waals surface area contributed by atoms with Gasteiger partial charge in [-0.05, 0) is 42.6 Å². The zero-order valence-electron chi connectivity index (χ0n) is 16.4. The molecule has 0 bridgehead atoms. The summed E-state index contributed by atoms with van der Waals surface area (Å²) in [6.45, 7) is 2.64. The van der Waals surface area contributed by atoms with Gasteiger partial charge < -0.3 is 5.32 Å². The van der Waals surface area contributed by atoms with E-state index in [1.165, 1.54) is 6.33 Å². The highest BCUT2D eigenvalue weighted by Gasteiger charge is 2.19. The summed E-state index contributed by atoms with van der Waals surface area (Å²) in [6.07, 6.45) is 4.66. The molecule has 0 atom stereocenters. The van der Waals surface area contributed by atoms with Gasteiger partial charge >= 0.3 is 0 Å². The van der Waals surface area contributed by atoms with Gasteiger partial charge in [0.2, 0.25) is 0 Å². The van der Waals surface area contributed by atoms with Gasteiger partial charge in [0.25, 0.3) is 5.91 Å². The fourth-order valence-corrected chi connectivity index (χ4v) is 4.21. The van der Waals surface area contributed by atoms with Crippen molar-refractivity contribution in [1.29, 1.82) is 0 Å². The molecule has 10 heteroatoms. The van der Waals surface area contributed by atoms with E-state index in [1.54, 1.807) is 57.5 Å². The van der Waals surface area contributed by atoms with Gasteiger partial charge in [-0.1, -0.05) is 17.7 Å². The standard InChI is InChI=1S/C21H16ClN7OS/c1-2-28-20-15(10-24-28)14(9-17(26-20)19-4-3-7-31-19)21(30)27-16-8-13(22)5-6-18(16)29-12-23-11-25-29/h3-12H,2H2,1H3,(H,27,30). The van der Waals surface area contributed by atoms with Gasteiger partial charge in [-0.25, -0.2) is 19.3 Å². The van der Waals surface area contributed by atoms with Crippen LogP contribution in [-0.4, -0.2) is 35.4 Å². The van der Waals surface area contributed by atoms with Crippen LogP contribution in [-0.2, 0) is 6.54 Å². The average molecular weight is 450 g/mol. The van der Waals surface area contributed by atoms with E-state index in [0.717, 1.165) is 10.6 Å². The average Bonchev–Trinajstić information content (AvgIpc) is 3.54. The van der Waals surface area contributed by atoms with Crippen LogP contribution in [0.2, 0.25) is 5.02 Å². The van der Waals surface area contributed by atoms with Crippen molar-refractivity contribution >= 4 is 45.6 Å². The minimum absolute atomic E-state index is 0.288. The number of anilines is 1. The third-order valence-electron chi connectivity index (χ3n) is 4.80. The highest BCUT2D eigenvalue weighted by Crippen LogP contribution is 2.30. The molecule has 0 radical (unpaired) electrons. The molecular weight excluding hydrogens is 434 g/mol. The summed E-state index contributed by atoms with van der Waals surface area (Å²) in [7, 11) is 0. The lowest BCUT2D eigenvalue weighted by Gasteiger charge is -2.12. The molecule has 0 saturated heterocycles. The highest BCUT2D eigenvalue weighted by atomic mass is 35.5. The number of hydrogen-bond donors (Lipinski definition) is 1. The molecule has 31 heavy (non-hydrogen) atoms. The minimum atomic E-state index is -0.288. The van der Waals surface area contributed by atoms with Gasteiger partial charge in [0.05, 0.1) is 39.1 Å². The Kier molecular flexibility index (Phi) is 4.97. The van der Waals surface area contributed by atoms with Crippen LogP contribution in [0.15, 0.2) is 60.6 Å². The topological polar surface area (TPSA) is 90.5 Å². The summed E-state index contributed by atoms with van der Waals surface area (Å²) in [5.41, 5.74) is 3.06. The number of amides is 1. The number of aryl methyl sites for hydroxylation is 1. The molecule has 5 rings (SSSR count). The molecule has 8 nitrogen and oxygen atoms in total. The van der Waals surface area contributed by atoms with E-state index in [2.05, 4.69) is 20.5 Å². The Bertz CT molecular complexity index is 1380. The van der Waals surface area contributed by atoms with Crippen molar-refractivity contribution in [3.05, 3.63) is 71.2 Å². The van der Waals surface area contributed by atoms with Crippen molar-refractivity contribution in [2.45, 2.75) is 13.5 Å². The number of fused-ring (bicyclic) bond motifs is 1. The molecule has 0 aliphatic rings. The minimum Gasteiger partial charge on any atom is -0.320 e. The maximum atomic E-state index is 13.4. The van der Waals surface area contributed by atoms with Gasteiger partial charge in [-0.3, -0.25) is 4.79 Å². The zero-order valence-corrected chi connectivity index (χ0v) is 17.9. The first kappa shape index (κ1) is 19.4. The lowest BCUT2D eigenvalue weighted by Crippen LogP contribution is -2.15. The summed E-state index contributed by atoms with van der Waals surface area (Å²) >= 11 is 7.77. The molecular formula is C21H16ClN7OS. The Balaban J connectivity index is 1.61. The van der Waals surface area contributed by atoms with Crippen molar-refractivity contribution < 1.29 is 4.79 Å². The van der Waals surface area contributed by atoms with Crippen LogP contribution < -0.4 is 5.32 Å². The number of aromatic nitrogens is 6. The monoisotopic (exact) mass is 449 g/mol. The number of rotatable bonds is 5. The Hall–Kier alpha value is -3.56. The SMILES string of the molecule is CCn1ncc2c(C(=O)Nc3cc(Cl)ccc3-n3cncn3)cc(-c3cccs3)nc21. The maximum Gasteiger partial charge on any atom is 0.256 e. The fourth-order valence-electron chi connectivity index (χ4n) is 3.35. The third-order valence-corrected chi connectivity index (χ3v) is 5.93. The molecule has 0 aliphatic carbocycles. The Morgan fingerprint density at radius 1 is 1.23 bits per heavy atom. The second-order valence-electron chi connectivity index (χ2n) is 6.69. The number of halogens is 1. The van der Waals surface area contributed by atoms with E-state index in [4.69, 9.17) is 16.6 Å². The van der Waals surface area contributed by atoms with E-state index in [9.17, 15) is 4.79 Å². The molecule has 5 aromatic rings. The maximum absolute atomic E-state index is 13.4. The molecule has 0 fully saturated rings. The third kappa shape index (κ3) is 3.58. The first-order chi connectivity index (χ1) is 15.1. The predicted octanol–water partition coefficient (Wildman–Crippen LogP) is 4.67. The number of carbonyl (C=O) groups is 1. The Morgan fingerprint density at radius 3 is 2.87 bits per heavy atom. The molecule has 154 valence electrons.